The lowest BCUT2D eigenvalue weighted by Crippen LogP contribution is -2.30. The van der Waals surface area contributed by atoms with Gasteiger partial charge in [0.05, 0.1) is 6.54 Å². The van der Waals surface area contributed by atoms with E-state index in [1.807, 2.05) is 79.7 Å². The molecule has 1 N–H and O–H groups in total. The van der Waals surface area contributed by atoms with Crippen molar-refractivity contribution in [1.29, 1.82) is 0 Å². The zero-order valence-electron chi connectivity index (χ0n) is 16.3. The average Bonchev–Trinajstić information content (AvgIpc) is 2.98. The fourth-order valence-corrected chi connectivity index (χ4v) is 4.23. The summed E-state index contributed by atoms with van der Waals surface area (Å²) in [6.45, 7) is 2.22. The molecule has 0 radical (unpaired) electrons. The monoisotopic (exact) mass is 434 g/mol. The first-order chi connectivity index (χ1) is 14.5. The maximum absolute atomic E-state index is 12.9. The molecule has 4 rings (SSSR count). The van der Waals surface area contributed by atoms with Crippen LogP contribution >= 0.6 is 23.4 Å². The Hall–Kier alpha value is -3.02. The summed E-state index contributed by atoms with van der Waals surface area (Å²) < 4.78 is 0. The molecular weight excluding hydrogens is 416 g/mol. The Morgan fingerprint density at radius 2 is 1.77 bits per heavy atom. The Morgan fingerprint density at radius 3 is 2.53 bits per heavy atom. The highest BCUT2D eigenvalue weighted by atomic mass is 35.5. The molecule has 1 saturated heterocycles. The molecule has 6 heteroatoms. The molecular formula is C24H19ClN2O2S. The van der Waals surface area contributed by atoms with Gasteiger partial charge in [0.2, 0.25) is 0 Å². The van der Waals surface area contributed by atoms with Gasteiger partial charge in [-0.2, -0.15) is 0 Å². The van der Waals surface area contributed by atoms with Crippen molar-refractivity contribution in [3.8, 4) is 0 Å². The minimum Gasteiger partial charge on any atom is -0.303 e. The van der Waals surface area contributed by atoms with Gasteiger partial charge in [-0.15, -0.1) is 0 Å². The number of amides is 3. The van der Waals surface area contributed by atoms with Crippen LogP contribution in [0.2, 0.25) is 5.02 Å². The normalized spacial score (nSPS) is 15.0. The van der Waals surface area contributed by atoms with Crippen LogP contribution in [0, 0.1) is 6.92 Å². The minimum absolute atomic E-state index is 0.241. The van der Waals surface area contributed by atoms with Gasteiger partial charge in [-0.25, -0.2) is 4.79 Å². The summed E-state index contributed by atoms with van der Waals surface area (Å²) in [5.41, 5.74) is 3.14. The van der Waals surface area contributed by atoms with E-state index in [2.05, 4.69) is 5.32 Å². The first-order valence-corrected chi connectivity index (χ1v) is 10.6. The third kappa shape index (κ3) is 4.58. The first kappa shape index (κ1) is 20.3. The Kier molecular flexibility index (Phi) is 5.93. The lowest BCUT2D eigenvalue weighted by molar-refractivity contribution is -0.123. The number of nitrogens with zero attached hydrogens (tertiary/aromatic N) is 1. The van der Waals surface area contributed by atoms with Crippen LogP contribution in [-0.2, 0) is 11.3 Å². The van der Waals surface area contributed by atoms with Crippen molar-refractivity contribution >= 4 is 41.4 Å². The third-order valence-corrected chi connectivity index (χ3v) is 6.00. The Balaban J connectivity index is 1.57. The predicted octanol–water partition coefficient (Wildman–Crippen LogP) is 5.89. The first-order valence-electron chi connectivity index (χ1n) is 9.42. The molecule has 0 aliphatic carbocycles. The molecule has 0 aromatic heterocycles. The summed E-state index contributed by atoms with van der Waals surface area (Å²) in [5, 5.41) is 3.39. The molecule has 3 aromatic rings. The quantitative estimate of drug-likeness (QED) is 0.402. The second-order valence-electron chi connectivity index (χ2n) is 6.96. The fraction of sp³-hybridized carbons (Fsp3) is 0.0833. The Bertz CT molecular complexity index is 1140. The summed E-state index contributed by atoms with van der Waals surface area (Å²) in [5.74, 6) is -0.326. The van der Waals surface area contributed by atoms with E-state index in [4.69, 9.17) is 11.6 Å². The van der Waals surface area contributed by atoms with Crippen LogP contribution < -0.4 is 5.32 Å². The molecule has 0 saturated carbocycles. The number of benzene rings is 3. The third-order valence-electron chi connectivity index (χ3n) is 4.65. The molecule has 1 fully saturated rings. The van der Waals surface area contributed by atoms with Crippen LogP contribution in [0.5, 0.6) is 0 Å². The van der Waals surface area contributed by atoms with Crippen molar-refractivity contribution in [2.24, 2.45) is 0 Å². The molecule has 3 amide bonds. The number of hydrogen-bond acceptors (Lipinski definition) is 3. The van der Waals surface area contributed by atoms with Crippen LogP contribution in [0.3, 0.4) is 0 Å². The van der Waals surface area contributed by atoms with Crippen molar-refractivity contribution in [2.45, 2.75) is 23.3 Å². The molecule has 0 unspecified atom stereocenters. The zero-order valence-corrected chi connectivity index (χ0v) is 17.8. The van der Waals surface area contributed by atoms with E-state index in [0.717, 1.165) is 26.5 Å². The van der Waals surface area contributed by atoms with E-state index in [1.165, 1.54) is 4.90 Å². The minimum atomic E-state index is -0.407. The standard InChI is InChI=1S/C24H19ClN2O2S/c1-16-5-4-6-17(13-16)15-27-23(28)21(26-24(27)29)14-18-7-2-3-8-22(18)30-20-11-9-19(25)10-12-20/h2-14H,15H2,1H3,(H,26,29)/b21-14-. The van der Waals surface area contributed by atoms with E-state index in [9.17, 15) is 9.59 Å². The number of aryl methyl sites for hydroxylation is 1. The topological polar surface area (TPSA) is 49.4 Å². The molecule has 4 nitrogen and oxygen atoms in total. The molecule has 150 valence electrons. The molecule has 0 atom stereocenters. The maximum atomic E-state index is 12.9. The molecule has 3 aromatic carbocycles. The van der Waals surface area contributed by atoms with Crippen LogP contribution in [0.4, 0.5) is 4.79 Å². The van der Waals surface area contributed by atoms with Gasteiger partial charge in [0.25, 0.3) is 5.91 Å². The highest BCUT2D eigenvalue weighted by molar-refractivity contribution is 7.99. The molecule has 1 aliphatic rings. The van der Waals surface area contributed by atoms with E-state index in [-0.39, 0.29) is 18.1 Å². The summed E-state index contributed by atoms with van der Waals surface area (Å²) >= 11 is 7.54. The lowest BCUT2D eigenvalue weighted by atomic mass is 10.1. The van der Waals surface area contributed by atoms with Crippen LogP contribution in [0.1, 0.15) is 16.7 Å². The van der Waals surface area contributed by atoms with Crippen molar-refractivity contribution in [3.63, 3.8) is 0 Å². The smallest absolute Gasteiger partial charge is 0.303 e. The Morgan fingerprint density at radius 1 is 1.00 bits per heavy atom. The second-order valence-corrected chi connectivity index (χ2v) is 8.51. The van der Waals surface area contributed by atoms with Crippen molar-refractivity contribution < 1.29 is 9.59 Å². The van der Waals surface area contributed by atoms with E-state index in [1.54, 1.807) is 17.8 Å². The van der Waals surface area contributed by atoms with E-state index < -0.39 is 6.03 Å². The molecule has 30 heavy (non-hydrogen) atoms. The summed E-state index contributed by atoms with van der Waals surface area (Å²) in [6, 6.07) is 22.7. The Labute approximate surface area is 184 Å². The average molecular weight is 435 g/mol. The van der Waals surface area contributed by atoms with E-state index >= 15 is 0 Å². The summed E-state index contributed by atoms with van der Waals surface area (Å²) in [6.07, 6.45) is 1.73. The van der Waals surface area contributed by atoms with Gasteiger partial charge in [-0.1, -0.05) is 71.4 Å². The number of carbonyl (C=O) groups excluding carboxylic acids is 2. The fourth-order valence-electron chi connectivity index (χ4n) is 3.19. The molecule has 0 spiro atoms. The van der Waals surface area contributed by atoms with Gasteiger partial charge in [0.15, 0.2) is 0 Å². The second kappa shape index (κ2) is 8.78. The van der Waals surface area contributed by atoms with E-state index in [0.29, 0.717) is 5.02 Å². The highest BCUT2D eigenvalue weighted by Gasteiger charge is 2.33. The number of hydrogen-bond donors (Lipinski definition) is 1. The molecule has 0 bridgehead atoms. The number of imide groups is 1. The lowest BCUT2D eigenvalue weighted by Gasteiger charge is -2.12. The zero-order chi connectivity index (χ0) is 21.1. The number of rotatable bonds is 5. The van der Waals surface area contributed by atoms with Crippen LogP contribution in [-0.4, -0.2) is 16.8 Å². The summed E-state index contributed by atoms with van der Waals surface area (Å²) in [7, 11) is 0. The SMILES string of the molecule is Cc1cccc(CN2C(=O)N/C(=C\c3ccccc3Sc3ccc(Cl)cc3)C2=O)c1. The molecule has 1 aliphatic heterocycles. The largest absolute Gasteiger partial charge is 0.329 e. The maximum Gasteiger partial charge on any atom is 0.329 e. The van der Waals surface area contributed by atoms with Gasteiger partial charge in [-0.3, -0.25) is 9.69 Å². The summed E-state index contributed by atoms with van der Waals surface area (Å²) in [4.78, 5) is 28.5. The van der Waals surface area contributed by atoms with Crippen molar-refractivity contribution in [3.05, 3.63) is 100 Å². The number of carbonyl (C=O) groups is 2. The number of urea groups is 1. The van der Waals surface area contributed by atoms with Gasteiger partial charge in [-0.05, 0) is 54.5 Å². The van der Waals surface area contributed by atoms with Crippen molar-refractivity contribution in [1.82, 2.24) is 10.2 Å². The van der Waals surface area contributed by atoms with Gasteiger partial charge < -0.3 is 5.32 Å². The highest BCUT2D eigenvalue weighted by Crippen LogP contribution is 2.32. The van der Waals surface area contributed by atoms with Crippen molar-refractivity contribution in [2.75, 3.05) is 0 Å². The number of halogens is 1. The molecule has 1 heterocycles. The van der Waals surface area contributed by atoms with Gasteiger partial charge in [0.1, 0.15) is 5.70 Å². The van der Waals surface area contributed by atoms with Gasteiger partial charge in [0, 0.05) is 14.8 Å². The van der Waals surface area contributed by atoms with Crippen LogP contribution in [0.15, 0.2) is 88.3 Å². The number of nitrogens with one attached hydrogen (secondary N) is 1. The predicted molar refractivity (Wildman–Crippen MR) is 120 cm³/mol. The van der Waals surface area contributed by atoms with Crippen LogP contribution in [0.25, 0.3) is 6.08 Å². The van der Waals surface area contributed by atoms with Gasteiger partial charge >= 0.3 is 6.03 Å².